The van der Waals surface area contributed by atoms with Crippen molar-refractivity contribution in [3.05, 3.63) is 30.1 Å². The number of aromatic nitrogens is 1. The highest BCUT2D eigenvalue weighted by molar-refractivity contribution is 5.07. The lowest BCUT2D eigenvalue weighted by molar-refractivity contribution is 0.762. The first-order valence-corrected chi connectivity index (χ1v) is 3.40. The van der Waals surface area contributed by atoms with Crippen LogP contribution in [0.1, 0.15) is 5.56 Å². The molecule has 3 nitrogen and oxygen atoms in total. The Morgan fingerprint density at radius 1 is 1.64 bits per heavy atom. The third-order valence-electron chi connectivity index (χ3n) is 1.26. The van der Waals surface area contributed by atoms with Crippen LogP contribution >= 0.6 is 0 Å². The number of nitrogens with one attached hydrogen (secondary N) is 1. The summed E-state index contributed by atoms with van der Waals surface area (Å²) >= 11 is 0. The quantitative estimate of drug-likeness (QED) is 0.505. The van der Waals surface area contributed by atoms with Crippen molar-refractivity contribution < 1.29 is 0 Å². The molecule has 1 rings (SSSR count). The van der Waals surface area contributed by atoms with Gasteiger partial charge in [-0.1, -0.05) is 6.07 Å². The highest BCUT2D eigenvalue weighted by atomic mass is 14.8. The van der Waals surface area contributed by atoms with Gasteiger partial charge in [0.2, 0.25) is 0 Å². The molecular formula is C8H9N3. The smallest absolute Gasteiger partial charge is 0.0843 e. The summed E-state index contributed by atoms with van der Waals surface area (Å²) < 4.78 is 0. The van der Waals surface area contributed by atoms with Crippen LogP contribution in [0.3, 0.4) is 0 Å². The van der Waals surface area contributed by atoms with Crippen LogP contribution in [0, 0.1) is 11.3 Å². The van der Waals surface area contributed by atoms with E-state index < -0.39 is 0 Å². The van der Waals surface area contributed by atoms with Crippen LogP contribution in [0.4, 0.5) is 0 Å². The Hall–Kier alpha value is -1.40. The zero-order valence-electron chi connectivity index (χ0n) is 6.12. The van der Waals surface area contributed by atoms with Crippen LogP contribution in [0.25, 0.3) is 0 Å². The fourth-order valence-electron chi connectivity index (χ4n) is 0.765. The number of rotatable bonds is 3. The third kappa shape index (κ3) is 2.78. The van der Waals surface area contributed by atoms with Crippen molar-refractivity contribution in [1.82, 2.24) is 10.3 Å². The first-order chi connectivity index (χ1) is 5.43. The summed E-state index contributed by atoms with van der Waals surface area (Å²) in [4.78, 5) is 3.94. The maximum absolute atomic E-state index is 8.22. The van der Waals surface area contributed by atoms with Crippen LogP contribution in [-0.2, 0) is 6.54 Å². The van der Waals surface area contributed by atoms with Crippen molar-refractivity contribution in [3.63, 3.8) is 0 Å². The molecule has 0 saturated carbocycles. The summed E-state index contributed by atoms with van der Waals surface area (Å²) in [6, 6.07) is 5.85. The summed E-state index contributed by atoms with van der Waals surface area (Å²) in [6.07, 6.45) is 3.51. The van der Waals surface area contributed by atoms with E-state index >= 15 is 0 Å². The third-order valence-corrected chi connectivity index (χ3v) is 1.26. The van der Waals surface area contributed by atoms with Crippen molar-refractivity contribution in [2.24, 2.45) is 0 Å². The lowest BCUT2D eigenvalue weighted by Crippen LogP contribution is -2.12. The number of hydrogen-bond acceptors (Lipinski definition) is 3. The lowest BCUT2D eigenvalue weighted by atomic mass is 10.3. The molecule has 0 saturated heterocycles. The van der Waals surface area contributed by atoms with E-state index in [9.17, 15) is 0 Å². The highest BCUT2D eigenvalue weighted by Gasteiger charge is 1.88. The van der Waals surface area contributed by atoms with E-state index in [1.165, 1.54) is 0 Å². The maximum atomic E-state index is 8.22. The standard InChI is InChI=1S/C8H9N3/c9-3-5-11-7-8-2-1-4-10-6-8/h1-2,4,6,11H,5,7H2. The van der Waals surface area contributed by atoms with E-state index in [1.54, 1.807) is 12.4 Å². The summed E-state index contributed by atoms with van der Waals surface area (Å²) in [5.41, 5.74) is 1.10. The van der Waals surface area contributed by atoms with Crippen LogP contribution < -0.4 is 5.32 Å². The average molecular weight is 147 g/mol. The first-order valence-electron chi connectivity index (χ1n) is 3.40. The Morgan fingerprint density at radius 2 is 2.55 bits per heavy atom. The van der Waals surface area contributed by atoms with Crippen LogP contribution in [0.15, 0.2) is 24.5 Å². The molecule has 0 spiro atoms. The molecule has 56 valence electrons. The van der Waals surface area contributed by atoms with Crippen molar-refractivity contribution in [3.8, 4) is 6.07 Å². The molecule has 0 bridgehead atoms. The zero-order chi connectivity index (χ0) is 7.94. The van der Waals surface area contributed by atoms with Gasteiger partial charge >= 0.3 is 0 Å². The zero-order valence-corrected chi connectivity index (χ0v) is 6.12. The van der Waals surface area contributed by atoms with Gasteiger partial charge in [0.05, 0.1) is 12.6 Å². The largest absolute Gasteiger partial charge is 0.300 e. The molecule has 0 radical (unpaired) electrons. The fourth-order valence-corrected chi connectivity index (χ4v) is 0.765. The van der Waals surface area contributed by atoms with Gasteiger partial charge in [-0.15, -0.1) is 0 Å². The Labute approximate surface area is 65.7 Å². The molecule has 0 amide bonds. The topological polar surface area (TPSA) is 48.7 Å². The van der Waals surface area contributed by atoms with Crippen LogP contribution in [-0.4, -0.2) is 11.5 Å². The Kier molecular flexibility index (Phi) is 3.10. The van der Waals surface area contributed by atoms with Gasteiger partial charge in [-0.2, -0.15) is 5.26 Å². The number of hydrogen-bond donors (Lipinski definition) is 1. The van der Waals surface area contributed by atoms with Gasteiger partial charge in [0.1, 0.15) is 0 Å². The number of nitrogens with zero attached hydrogens (tertiary/aromatic N) is 2. The van der Waals surface area contributed by atoms with Crippen LogP contribution in [0.2, 0.25) is 0 Å². The molecular weight excluding hydrogens is 138 g/mol. The molecule has 1 aromatic heterocycles. The number of pyridine rings is 1. The normalized spacial score (nSPS) is 9.00. The Morgan fingerprint density at radius 3 is 3.18 bits per heavy atom. The highest BCUT2D eigenvalue weighted by Crippen LogP contribution is 1.92. The average Bonchev–Trinajstić information content (AvgIpc) is 2.07. The first kappa shape index (κ1) is 7.70. The molecule has 3 heteroatoms. The van der Waals surface area contributed by atoms with E-state index in [2.05, 4.69) is 10.3 Å². The minimum atomic E-state index is 0.384. The SMILES string of the molecule is N#CCNCc1cccnc1. The van der Waals surface area contributed by atoms with E-state index in [-0.39, 0.29) is 0 Å². The molecule has 11 heavy (non-hydrogen) atoms. The second-order valence-corrected chi connectivity index (χ2v) is 2.12. The molecule has 1 aromatic rings. The summed E-state index contributed by atoms with van der Waals surface area (Å²) in [6.45, 7) is 1.09. The van der Waals surface area contributed by atoms with E-state index in [4.69, 9.17) is 5.26 Å². The van der Waals surface area contributed by atoms with E-state index in [0.29, 0.717) is 13.1 Å². The van der Waals surface area contributed by atoms with Gasteiger partial charge in [0, 0.05) is 18.9 Å². The van der Waals surface area contributed by atoms with E-state index in [0.717, 1.165) is 5.56 Å². The van der Waals surface area contributed by atoms with Gasteiger partial charge in [0.25, 0.3) is 0 Å². The predicted octanol–water partition coefficient (Wildman–Crippen LogP) is 0.695. The molecule has 0 fully saturated rings. The molecule has 0 aliphatic heterocycles. The molecule has 1 heterocycles. The van der Waals surface area contributed by atoms with E-state index in [1.807, 2.05) is 18.2 Å². The lowest BCUT2D eigenvalue weighted by Gasteiger charge is -1.97. The predicted molar refractivity (Wildman–Crippen MR) is 41.6 cm³/mol. The van der Waals surface area contributed by atoms with Crippen molar-refractivity contribution in [2.75, 3.05) is 6.54 Å². The molecule has 0 unspecified atom stereocenters. The van der Waals surface area contributed by atoms with Gasteiger partial charge in [-0.3, -0.25) is 4.98 Å². The monoisotopic (exact) mass is 147 g/mol. The maximum Gasteiger partial charge on any atom is 0.0843 e. The van der Waals surface area contributed by atoms with Crippen LogP contribution in [0.5, 0.6) is 0 Å². The summed E-state index contributed by atoms with van der Waals surface area (Å²) in [5, 5.41) is 11.2. The summed E-state index contributed by atoms with van der Waals surface area (Å²) in [5.74, 6) is 0. The molecule has 1 N–H and O–H groups in total. The van der Waals surface area contributed by atoms with Gasteiger partial charge in [0.15, 0.2) is 0 Å². The Bertz CT molecular complexity index is 237. The minimum Gasteiger partial charge on any atom is -0.300 e. The summed E-state index contributed by atoms with van der Waals surface area (Å²) in [7, 11) is 0. The second kappa shape index (κ2) is 4.42. The minimum absolute atomic E-state index is 0.384. The molecule has 0 atom stereocenters. The van der Waals surface area contributed by atoms with Gasteiger partial charge in [-0.25, -0.2) is 0 Å². The number of nitriles is 1. The van der Waals surface area contributed by atoms with Gasteiger partial charge < -0.3 is 5.32 Å². The Balaban J connectivity index is 2.35. The molecule has 0 aliphatic carbocycles. The van der Waals surface area contributed by atoms with Crippen molar-refractivity contribution >= 4 is 0 Å². The molecule has 0 aliphatic rings. The second-order valence-electron chi connectivity index (χ2n) is 2.12. The van der Waals surface area contributed by atoms with Crippen molar-refractivity contribution in [1.29, 1.82) is 5.26 Å². The fraction of sp³-hybridized carbons (Fsp3) is 0.250. The van der Waals surface area contributed by atoms with Gasteiger partial charge in [-0.05, 0) is 11.6 Å². The molecule has 0 aromatic carbocycles. The van der Waals surface area contributed by atoms with Crippen molar-refractivity contribution in [2.45, 2.75) is 6.54 Å².